The molecule has 1 atom stereocenters. The summed E-state index contributed by atoms with van der Waals surface area (Å²) in [6.07, 6.45) is 11.0. The Kier molecular flexibility index (Phi) is 21.3. The molecule has 2 aliphatic heterocycles. The molecule has 2 saturated heterocycles. The first-order valence-electron chi connectivity index (χ1n) is 26.0. The second kappa shape index (κ2) is 27.7. The van der Waals surface area contributed by atoms with Crippen LogP contribution in [0.15, 0.2) is 91.0 Å². The van der Waals surface area contributed by atoms with E-state index in [9.17, 15) is 14.4 Å². The monoisotopic (exact) mass is 1060 g/mol. The van der Waals surface area contributed by atoms with E-state index in [-0.39, 0.29) is 30.1 Å². The van der Waals surface area contributed by atoms with Crippen LogP contribution in [0.2, 0.25) is 20.1 Å². The number of nitrogens with one attached hydrogen (secondary N) is 4. The van der Waals surface area contributed by atoms with Crippen LogP contribution in [0.25, 0.3) is 11.1 Å². The number of anilines is 3. The maximum atomic E-state index is 12.8. The second-order valence-electron chi connectivity index (χ2n) is 20.2. The number of halogens is 4. The van der Waals surface area contributed by atoms with Gasteiger partial charge >= 0.3 is 18.0 Å². The number of amides is 4. The SMILES string of the molecule is COC(=O)C(NC(=O)NC1CCC(CCN2CCN(c3cccc(Cl)c3Cl)CC2)CC1)C(C)C.O=C(Nc1ccccc1-c1ccccc1)NC1CCC(CCN2CCN(c3cccc(Cl)c3Cl)CC2)CC1. The van der Waals surface area contributed by atoms with Crippen molar-refractivity contribution in [1.82, 2.24) is 25.8 Å². The largest absolute Gasteiger partial charge is 0.467 e. The number of hydrogen-bond donors (Lipinski definition) is 4. The van der Waals surface area contributed by atoms with Gasteiger partial charge in [-0.3, -0.25) is 9.80 Å². The first-order valence-corrected chi connectivity index (χ1v) is 27.6. The van der Waals surface area contributed by atoms with E-state index in [4.69, 9.17) is 51.1 Å². The quantitative estimate of drug-likeness (QED) is 0.0869. The van der Waals surface area contributed by atoms with Crippen LogP contribution in [0.3, 0.4) is 0 Å². The summed E-state index contributed by atoms with van der Waals surface area (Å²) in [5.74, 6) is 0.985. The number of carbonyl (C=O) groups is 3. The molecule has 8 rings (SSSR count). The van der Waals surface area contributed by atoms with Crippen molar-refractivity contribution in [2.75, 3.05) is 87.7 Å². The van der Waals surface area contributed by atoms with Gasteiger partial charge in [-0.05, 0) is 131 Å². The summed E-state index contributed by atoms with van der Waals surface area (Å²) in [5.41, 5.74) is 5.02. The predicted molar refractivity (Wildman–Crippen MR) is 297 cm³/mol. The third kappa shape index (κ3) is 16.0. The Morgan fingerprint density at radius 3 is 1.50 bits per heavy atom. The lowest BCUT2D eigenvalue weighted by Crippen LogP contribution is -2.51. The molecular formula is C56H74Cl4N8O4. The van der Waals surface area contributed by atoms with Gasteiger partial charge in [-0.15, -0.1) is 0 Å². The molecule has 12 nitrogen and oxygen atoms in total. The van der Waals surface area contributed by atoms with E-state index >= 15 is 0 Å². The van der Waals surface area contributed by atoms with Gasteiger partial charge in [0.15, 0.2) is 0 Å². The lowest BCUT2D eigenvalue weighted by atomic mass is 9.84. The smallest absolute Gasteiger partial charge is 0.328 e. The minimum Gasteiger partial charge on any atom is -0.467 e. The molecule has 390 valence electrons. The van der Waals surface area contributed by atoms with Gasteiger partial charge in [0.1, 0.15) is 6.04 Å². The first-order chi connectivity index (χ1) is 34.8. The van der Waals surface area contributed by atoms with Gasteiger partial charge in [0, 0.05) is 70.0 Å². The molecule has 4 fully saturated rings. The molecule has 4 aliphatic rings. The number of ether oxygens (including phenoxy) is 1. The van der Waals surface area contributed by atoms with Crippen molar-refractivity contribution in [3.05, 3.63) is 111 Å². The molecule has 4 amide bonds. The zero-order valence-corrected chi connectivity index (χ0v) is 45.2. The zero-order chi connectivity index (χ0) is 51.0. The number of methoxy groups -OCH3 is 1. The number of urea groups is 2. The number of carbonyl (C=O) groups excluding carboxylic acids is 3. The third-order valence-corrected chi connectivity index (χ3v) is 16.6. The van der Waals surface area contributed by atoms with Crippen molar-refractivity contribution in [3.63, 3.8) is 0 Å². The maximum Gasteiger partial charge on any atom is 0.328 e. The van der Waals surface area contributed by atoms with Crippen molar-refractivity contribution in [1.29, 1.82) is 0 Å². The Hall–Kier alpha value is -4.43. The molecule has 4 aromatic rings. The minimum absolute atomic E-state index is 0.0294. The summed E-state index contributed by atoms with van der Waals surface area (Å²) in [4.78, 5) is 46.8. The summed E-state index contributed by atoms with van der Waals surface area (Å²) in [5, 5.41) is 14.6. The van der Waals surface area contributed by atoms with Crippen LogP contribution in [-0.2, 0) is 9.53 Å². The fraction of sp³-hybridized carbons (Fsp3) is 0.518. The lowest BCUT2D eigenvalue weighted by molar-refractivity contribution is -0.144. The summed E-state index contributed by atoms with van der Waals surface area (Å²) in [6.45, 7) is 14.0. The Morgan fingerprint density at radius 2 is 1.03 bits per heavy atom. The van der Waals surface area contributed by atoms with Gasteiger partial charge in [0.05, 0.1) is 44.3 Å². The van der Waals surface area contributed by atoms with Crippen molar-refractivity contribution in [2.24, 2.45) is 17.8 Å². The molecule has 72 heavy (non-hydrogen) atoms. The average molecular weight is 1070 g/mol. The molecule has 4 N–H and O–H groups in total. The van der Waals surface area contributed by atoms with Crippen molar-refractivity contribution >= 4 is 81.5 Å². The molecule has 0 radical (unpaired) electrons. The molecule has 0 spiro atoms. The van der Waals surface area contributed by atoms with E-state index in [1.54, 1.807) is 0 Å². The van der Waals surface area contributed by atoms with E-state index in [0.717, 1.165) is 138 Å². The number of nitrogens with zero attached hydrogens (tertiary/aromatic N) is 4. The van der Waals surface area contributed by atoms with Crippen molar-refractivity contribution in [2.45, 2.75) is 96.2 Å². The number of para-hydroxylation sites is 1. The van der Waals surface area contributed by atoms with Gasteiger partial charge in [0.2, 0.25) is 0 Å². The first kappa shape index (κ1) is 55.3. The van der Waals surface area contributed by atoms with Crippen LogP contribution in [0.4, 0.5) is 26.7 Å². The molecule has 0 bridgehead atoms. The molecule has 1 unspecified atom stereocenters. The Morgan fingerprint density at radius 1 is 0.569 bits per heavy atom. The molecular weight excluding hydrogens is 990 g/mol. The molecule has 2 heterocycles. The van der Waals surface area contributed by atoms with Crippen LogP contribution >= 0.6 is 46.4 Å². The number of hydrogen-bond acceptors (Lipinski definition) is 8. The highest BCUT2D eigenvalue weighted by atomic mass is 35.5. The standard InChI is InChI=1S/C31H36Cl2N4O.C25H38Cl2N4O3/c32-27-10-6-12-29(30(27)33)37-21-19-36(20-22-37)18-17-23-13-15-25(16-14-23)34-31(38)35-28-11-5-4-9-26(28)24-7-2-1-3-8-24;1-17(2)23(24(32)34-3)29-25(33)28-19-9-7-18(8-10-19)11-12-30-13-15-31(16-14-30)21-6-4-5-20(26)22(21)27/h1-12,23,25H,13-22H2,(H2,34,35,38);4-6,17-19,23H,7-16H2,1-3H3,(H2,28,29,33). The Balaban J connectivity index is 0.000000213. The highest BCUT2D eigenvalue weighted by molar-refractivity contribution is 6.44. The van der Waals surface area contributed by atoms with E-state index < -0.39 is 12.0 Å². The highest BCUT2D eigenvalue weighted by Gasteiger charge is 2.29. The summed E-state index contributed by atoms with van der Waals surface area (Å²) in [7, 11) is 1.34. The molecule has 16 heteroatoms. The lowest BCUT2D eigenvalue weighted by Gasteiger charge is -2.37. The number of esters is 1. The Bertz CT molecular complexity index is 2350. The van der Waals surface area contributed by atoms with Crippen LogP contribution < -0.4 is 31.1 Å². The molecule has 2 saturated carbocycles. The summed E-state index contributed by atoms with van der Waals surface area (Å²) < 4.78 is 4.79. The Labute approximate surface area is 447 Å². The number of benzene rings is 4. The summed E-state index contributed by atoms with van der Waals surface area (Å²) >= 11 is 25.2. The van der Waals surface area contributed by atoms with E-state index in [2.05, 4.69) is 59.1 Å². The fourth-order valence-electron chi connectivity index (χ4n) is 10.6. The van der Waals surface area contributed by atoms with Crippen LogP contribution in [0.5, 0.6) is 0 Å². The van der Waals surface area contributed by atoms with Crippen LogP contribution in [0, 0.1) is 17.8 Å². The maximum absolute atomic E-state index is 12.8. The van der Waals surface area contributed by atoms with E-state index in [0.29, 0.717) is 26.0 Å². The van der Waals surface area contributed by atoms with Crippen LogP contribution in [-0.4, -0.2) is 119 Å². The van der Waals surface area contributed by atoms with E-state index in [1.807, 2.05) is 86.6 Å². The van der Waals surface area contributed by atoms with Gasteiger partial charge in [-0.1, -0.05) is 121 Å². The summed E-state index contributed by atoms with van der Waals surface area (Å²) in [6, 6.07) is 29.2. The molecule has 4 aromatic carbocycles. The minimum atomic E-state index is -0.628. The van der Waals surface area contributed by atoms with E-state index in [1.165, 1.54) is 32.8 Å². The molecule has 2 aliphatic carbocycles. The second-order valence-corrected chi connectivity index (χ2v) is 21.8. The predicted octanol–water partition coefficient (Wildman–Crippen LogP) is 12.1. The van der Waals surface area contributed by atoms with Gasteiger partial charge in [-0.2, -0.15) is 0 Å². The fourth-order valence-corrected chi connectivity index (χ4v) is 11.4. The van der Waals surface area contributed by atoms with Crippen molar-refractivity contribution < 1.29 is 19.1 Å². The normalized spacial score (nSPS) is 21.2. The highest BCUT2D eigenvalue weighted by Crippen LogP contribution is 2.35. The van der Waals surface area contributed by atoms with Gasteiger partial charge in [-0.25, -0.2) is 14.4 Å². The number of piperazine rings is 2. The van der Waals surface area contributed by atoms with Crippen molar-refractivity contribution in [3.8, 4) is 11.1 Å². The molecule has 0 aromatic heterocycles. The number of rotatable bonds is 15. The van der Waals surface area contributed by atoms with Crippen LogP contribution in [0.1, 0.15) is 78.1 Å². The van der Waals surface area contributed by atoms with Gasteiger partial charge < -0.3 is 35.8 Å². The zero-order valence-electron chi connectivity index (χ0n) is 42.2. The topological polar surface area (TPSA) is 122 Å². The van der Waals surface area contributed by atoms with Gasteiger partial charge in [0.25, 0.3) is 0 Å². The third-order valence-electron chi connectivity index (χ3n) is 15.0. The average Bonchev–Trinajstić information content (AvgIpc) is 3.40.